The number of hydrogen-bond acceptors (Lipinski definition) is 3. The van der Waals surface area contributed by atoms with Gasteiger partial charge in [0, 0.05) is 23.5 Å². The smallest absolute Gasteiger partial charge is 0.319 e. The topological polar surface area (TPSA) is 66.9 Å². The minimum absolute atomic E-state index is 0.200. The highest BCUT2D eigenvalue weighted by Crippen LogP contribution is 2.35. The Bertz CT molecular complexity index is 1260. The van der Waals surface area contributed by atoms with Crippen LogP contribution in [-0.2, 0) is 0 Å². The Morgan fingerprint density at radius 2 is 1.62 bits per heavy atom. The Hall–Kier alpha value is -3.99. The fraction of sp³-hybridized carbons (Fsp3) is 0.207. The zero-order valence-electron chi connectivity index (χ0n) is 20.0. The van der Waals surface area contributed by atoms with Crippen molar-refractivity contribution in [1.29, 1.82) is 0 Å². The maximum Gasteiger partial charge on any atom is 0.319 e. The summed E-state index contributed by atoms with van der Waals surface area (Å²) in [6.07, 6.45) is 5.27. The summed E-state index contributed by atoms with van der Waals surface area (Å²) in [5.41, 5.74) is 6.40. The number of urea groups is 1. The summed E-state index contributed by atoms with van der Waals surface area (Å²) in [7, 11) is 0. The molecule has 2 aromatic carbocycles. The molecule has 172 valence electrons. The van der Waals surface area contributed by atoms with Crippen molar-refractivity contribution in [2.75, 3.05) is 5.32 Å². The van der Waals surface area contributed by atoms with Crippen LogP contribution in [0.25, 0.3) is 22.4 Å². The van der Waals surface area contributed by atoms with Crippen molar-refractivity contribution in [3.8, 4) is 22.4 Å². The van der Waals surface area contributed by atoms with Crippen molar-refractivity contribution in [2.24, 2.45) is 5.41 Å². The monoisotopic (exact) mass is 450 g/mol. The van der Waals surface area contributed by atoms with Gasteiger partial charge in [-0.2, -0.15) is 0 Å². The molecule has 0 bridgehead atoms. The fourth-order valence-corrected chi connectivity index (χ4v) is 4.06. The molecule has 0 unspecified atom stereocenters. The van der Waals surface area contributed by atoms with Crippen LogP contribution in [0.4, 0.5) is 10.5 Å². The first-order chi connectivity index (χ1) is 16.3. The third-order valence-corrected chi connectivity index (χ3v) is 5.82. The minimum atomic E-state index is -0.284. The van der Waals surface area contributed by atoms with Crippen LogP contribution in [0.1, 0.15) is 37.9 Å². The van der Waals surface area contributed by atoms with Crippen molar-refractivity contribution in [2.45, 2.75) is 33.7 Å². The lowest BCUT2D eigenvalue weighted by Gasteiger charge is -2.31. The van der Waals surface area contributed by atoms with E-state index < -0.39 is 0 Å². The molecule has 34 heavy (non-hydrogen) atoms. The Morgan fingerprint density at radius 3 is 2.29 bits per heavy atom. The van der Waals surface area contributed by atoms with Gasteiger partial charge in [0.1, 0.15) is 0 Å². The fourth-order valence-electron chi connectivity index (χ4n) is 4.06. The van der Waals surface area contributed by atoms with E-state index in [4.69, 9.17) is 0 Å². The summed E-state index contributed by atoms with van der Waals surface area (Å²) in [4.78, 5) is 22.1. The molecule has 0 aliphatic rings. The van der Waals surface area contributed by atoms with E-state index in [-0.39, 0.29) is 17.5 Å². The second-order valence-corrected chi connectivity index (χ2v) is 9.48. The first-order valence-electron chi connectivity index (χ1n) is 11.4. The number of nitrogens with one attached hydrogen (secondary N) is 2. The highest BCUT2D eigenvalue weighted by atomic mass is 16.2. The Labute approximate surface area is 201 Å². The van der Waals surface area contributed by atoms with Gasteiger partial charge in [0.15, 0.2) is 0 Å². The number of benzene rings is 2. The molecular weight excluding hydrogens is 420 g/mol. The molecule has 0 saturated heterocycles. The normalized spacial score (nSPS) is 12.1. The van der Waals surface area contributed by atoms with Gasteiger partial charge in [-0.1, -0.05) is 81.4 Å². The van der Waals surface area contributed by atoms with E-state index in [1.165, 1.54) is 0 Å². The number of nitrogens with zero attached hydrogens (tertiary/aromatic N) is 2. The first kappa shape index (κ1) is 23.2. The molecule has 0 saturated carbocycles. The summed E-state index contributed by atoms with van der Waals surface area (Å²) in [5.74, 6) is 0. The molecule has 4 rings (SSSR count). The predicted octanol–water partition coefficient (Wildman–Crippen LogP) is 7.03. The third-order valence-electron chi connectivity index (χ3n) is 5.82. The van der Waals surface area contributed by atoms with Crippen LogP contribution in [0, 0.1) is 12.3 Å². The number of anilines is 1. The van der Waals surface area contributed by atoms with E-state index >= 15 is 0 Å². The number of aromatic nitrogens is 2. The van der Waals surface area contributed by atoms with Crippen LogP contribution in [0.5, 0.6) is 0 Å². The second-order valence-electron chi connectivity index (χ2n) is 9.48. The summed E-state index contributed by atoms with van der Waals surface area (Å²) in [5, 5.41) is 6.20. The standard InChI is InChI=1S/C29H30N4O/c1-20-11-8-9-15-23(20)24-17-25(21-12-6-5-7-13-21)31-19-26(24)32-28(34)33-27(29(2,3)4)22-14-10-16-30-18-22/h5-19,27H,1-4H3,(H2,32,33,34)/t27-/m1/s1. The SMILES string of the molecule is Cc1ccccc1-c1cc(-c2ccccc2)ncc1NC(=O)N[C@H](c1cccnc1)C(C)(C)C. The van der Waals surface area contributed by atoms with Crippen molar-refractivity contribution >= 4 is 11.7 Å². The second kappa shape index (κ2) is 9.87. The van der Waals surface area contributed by atoms with Gasteiger partial charge >= 0.3 is 6.03 Å². The molecule has 2 heterocycles. The van der Waals surface area contributed by atoms with Gasteiger partial charge < -0.3 is 10.6 Å². The van der Waals surface area contributed by atoms with Crippen LogP contribution in [0.15, 0.2) is 91.4 Å². The van der Waals surface area contributed by atoms with Crippen LogP contribution in [-0.4, -0.2) is 16.0 Å². The number of pyridine rings is 2. The van der Waals surface area contributed by atoms with E-state index in [1.54, 1.807) is 18.6 Å². The van der Waals surface area contributed by atoms with Gasteiger partial charge in [-0.15, -0.1) is 0 Å². The number of hydrogen-bond donors (Lipinski definition) is 2. The molecule has 0 radical (unpaired) electrons. The first-order valence-corrected chi connectivity index (χ1v) is 11.4. The van der Waals surface area contributed by atoms with Gasteiger partial charge in [0.25, 0.3) is 0 Å². The molecular formula is C29H30N4O. The van der Waals surface area contributed by atoms with Gasteiger partial charge in [-0.05, 0) is 41.2 Å². The third kappa shape index (κ3) is 5.31. The maximum absolute atomic E-state index is 13.2. The Balaban J connectivity index is 1.68. The largest absolute Gasteiger partial charge is 0.330 e. The zero-order chi connectivity index (χ0) is 24.1. The zero-order valence-corrected chi connectivity index (χ0v) is 20.0. The summed E-state index contributed by atoms with van der Waals surface area (Å²) in [6.45, 7) is 8.36. The van der Waals surface area contributed by atoms with Gasteiger partial charge in [0.2, 0.25) is 0 Å². The number of rotatable bonds is 5. The number of carbonyl (C=O) groups excluding carboxylic acids is 1. The van der Waals surface area contributed by atoms with Gasteiger partial charge in [0.05, 0.1) is 23.6 Å². The van der Waals surface area contributed by atoms with E-state index in [9.17, 15) is 4.79 Å². The summed E-state index contributed by atoms with van der Waals surface area (Å²) in [6, 6.07) is 23.6. The molecule has 0 spiro atoms. The summed E-state index contributed by atoms with van der Waals surface area (Å²) < 4.78 is 0. The molecule has 1 atom stereocenters. The van der Waals surface area contributed by atoms with Crippen LogP contribution in [0.3, 0.4) is 0 Å². The van der Waals surface area contributed by atoms with E-state index in [2.05, 4.69) is 60.4 Å². The lowest BCUT2D eigenvalue weighted by molar-refractivity contribution is 0.229. The Morgan fingerprint density at radius 1 is 0.882 bits per heavy atom. The lowest BCUT2D eigenvalue weighted by atomic mass is 9.83. The van der Waals surface area contributed by atoms with Gasteiger partial charge in [-0.3, -0.25) is 9.97 Å². The molecule has 5 heteroatoms. The van der Waals surface area contributed by atoms with Crippen molar-refractivity contribution in [3.63, 3.8) is 0 Å². The van der Waals surface area contributed by atoms with Gasteiger partial charge in [-0.25, -0.2) is 4.79 Å². The minimum Gasteiger partial charge on any atom is -0.330 e. The molecule has 0 aliphatic carbocycles. The van der Waals surface area contributed by atoms with E-state index in [1.807, 2.05) is 60.7 Å². The highest BCUT2D eigenvalue weighted by Gasteiger charge is 2.28. The summed E-state index contributed by atoms with van der Waals surface area (Å²) >= 11 is 0. The van der Waals surface area contributed by atoms with Crippen molar-refractivity contribution in [1.82, 2.24) is 15.3 Å². The predicted molar refractivity (Wildman–Crippen MR) is 138 cm³/mol. The van der Waals surface area contributed by atoms with Crippen LogP contribution < -0.4 is 10.6 Å². The van der Waals surface area contributed by atoms with Crippen LogP contribution in [0.2, 0.25) is 0 Å². The average Bonchev–Trinajstić information content (AvgIpc) is 2.84. The molecule has 0 fully saturated rings. The molecule has 4 aromatic rings. The molecule has 2 N–H and O–H groups in total. The number of amides is 2. The van der Waals surface area contributed by atoms with E-state index in [0.29, 0.717) is 5.69 Å². The highest BCUT2D eigenvalue weighted by molar-refractivity contribution is 5.95. The maximum atomic E-state index is 13.2. The van der Waals surface area contributed by atoms with Crippen LogP contribution >= 0.6 is 0 Å². The van der Waals surface area contributed by atoms with E-state index in [0.717, 1.165) is 33.5 Å². The number of aryl methyl sites for hydroxylation is 1. The quantitative estimate of drug-likeness (QED) is 0.343. The molecule has 0 aliphatic heterocycles. The number of carbonyl (C=O) groups is 1. The van der Waals surface area contributed by atoms with Crippen molar-refractivity contribution in [3.05, 3.63) is 103 Å². The molecule has 5 nitrogen and oxygen atoms in total. The Kier molecular flexibility index (Phi) is 6.73. The average molecular weight is 451 g/mol. The molecule has 2 aromatic heterocycles. The van der Waals surface area contributed by atoms with Crippen molar-refractivity contribution < 1.29 is 4.79 Å². The lowest BCUT2D eigenvalue weighted by Crippen LogP contribution is -2.39. The molecule has 2 amide bonds.